The van der Waals surface area contributed by atoms with Gasteiger partial charge in [-0.05, 0) is 49.3 Å². The van der Waals surface area contributed by atoms with Gasteiger partial charge in [0.05, 0.1) is 0 Å². The first kappa shape index (κ1) is 10.1. The fourth-order valence-corrected chi connectivity index (χ4v) is 2.20. The molecule has 1 aromatic heterocycles. The Balaban J connectivity index is 2.27. The van der Waals surface area contributed by atoms with Crippen molar-refractivity contribution in [3.63, 3.8) is 0 Å². The minimum Gasteiger partial charge on any atom is -0.336 e. The molecule has 1 aliphatic rings. The van der Waals surface area contributed by atoms with Crippen molar-refractivity contribution in [1.29, 1.82) is 0 Å². The molecule has 2 rings (SSSR count). The summed E-state index contributed by atoms with van der Waals surface area (Å²) in [5.74, 6) is 0.868. The van der Waals surface area contributed by atoms with E-state index in [4.69, 9.17) is 0 Å². The molecule has 0 unspecified atom stereocenters. The molecule has 1 aromatic rings. The lowest BCUT2D eigenvalue weighted by Gasteiger charge is -2.31. The van der Waals surface area contributed by atoms with E-state index in [1.54, 1.807) is 0 Å². The Kier molecular flexibility index (Phi) is 2.64. The van der Waals surface area contributed by atoms with Crippen molar-refractivity contribution in [3.05, 3.63) is 16.0 Å². The van der Waals surface area contributed by atoms with Crippen LogP contribution >= 0.6 is 22.6 Å². The first-order valence-corrected chi connectivity index (χ1v) is 5.93. The molecular weight excluding hydrogens is 289 g/mol. The van der Waals surface area contributed by atoms with Gasteiger partial charge in [0.25, 0.3) is 0 Å². The molecule has 0 bridgehead atoms. The summed E-state index contributed by atoms with van der Waals surface area (Å²) < 4.78 is 1.09. The van der Waals surface area contributed by atoms with E-state index in [1.807, 2.05) is 12.4 Å². The topological polar surface area (TPSA) is 29.0 Å². The molecule has 1 aliphatic heterocycles. The van der Waals surface area contributed by atoms with Crippen LogP contribution in [0.2, 0.25) is 0 Å². The van der Waals surface area contributed by atoms with Gasteiger partial charge in [-0.1, -0.05) is 0 Å². The van der Waals surface area contributed by atoms with Crippen LogP contribution in [0.25, 0.3) is 0 Å². The van der Waals surface area contributed by atoms with Gasteiger partial charge in [0.1, 0.15) is 0 Å². The Bertz CT molecular complexity index is 321. The summed E-state index contributed by atoms with van der Waals surface area (Å²) in [6.07, 6.45) is 6.21. The van der Waals surface area contributed by atoms with E-state index in [0.29, 0.717) is 0 Å². The Hall–Kier alpha value is -0.390. The van der Waals surface area contributed by atoms with Gasteiger partial charge in [-0.3, -0.25) is 0 Å². The lowest BCUT2D eigenvalue weighted by atomic mass is 10.0. The van der Waals surface area contributed by atoms with E-state index in [0.717, 1.165) is 16.1 Å². The van der Waals surface area contributed by atoms with Crippen LogP contribution < -0.4 is 4.90 Å². The largest absolute Gasteiger partial charge is 0.336 e. The maximum atomic E-state index is 4.36. The molecule has 3 nitrogen and oxygen atoms in total. The molecular formula is C10H14IN3. The number of anilines is 1. The summed E-state index contributed by atoms with van der Waals surface area (Å²) in [7, 11) is 0. The Morgan fingerprint density at radius 3 is 2.50 bits per heavy atom. The molecule has 4 heteroatoms. The molecule has 0 amide bonds. The highest BCUT2D eigenvalue weighted by Gasteiger charge is 2.33. The zero-order valence-corrected chi connectivity index (χ0v) is 10.7. The maximum absolute atomic E-state index is 4.36. The molecule has 14 heavy (non-hydrogen) atoms. The van der Waals surface area contributed by atoms with E-state index in [-0.39, 0.29) is 5.54 Å². The summed E-state index contributed by atoms with van der Waals surface area (Å²) >= 11 is 2.22. The predicted octanol–water partition coefficient (Wildman–Crippen LogP) is 2.46. The summed E-state index contributed by atoms with van der Waals surface area (Å²) in [6, 6.07) is 0. The third-order valence-corrected chi connectivity index (χ3v) is 3.31. The molecule has 0 spiro atoms. The fraction of sp³-hybridized carbons (Fsp3) is 0.600. The SMILES string of the molecule is CC1(C)CCCN1c1ncc(I)cn1. The second kappa shape index (κ2) is 3.64. The molecule has 1 fully saturated rings. The van der Waals surface area contributed by atoms with E-state index in [2.05, 4.69) is 51.3 Å². The zero-order valence-electron chi connectivity index (χ0n) is 8.50. The van der Waals surface area contributed by atoms with Crippen molar-refractivity contribution >= 4 is 28.5 Å². The van der Waals surface area contributed by atoms with Crippen molar-refractivity contribution < 1.29 is 0 Å². The van der Waals surface area contributed by atoms with Crippen LogP contribution in [0, 0.1) is 3.57 Å². The molecule has 1 saturated heterocycles. The Morgan fingerprint density at radius 2 is 2.00 bits per heavy atom. The smallest absolute Gasteiger partial charge is 0.225 e. The number of nitrogens with zero attached hydrogens (tertiary/aromatic N) is 3. The van der Waals surface area contributed by atoms with Crippen molar-refractivity contribution in [2.75, 3.05) is 11.4 Å². The van der Waals surface area contributed by atoms with Gasteiger partial charge in [0, 0.05) is 28.0 Å². The summed E-state index contributed by atoms with van der Waals surface area (Å²) in [5, 5.41) is 0. The molecule has 0 N–H and O–H groups in total. The molecule has 2 heterocycles. The zero-order chi connectivity index (χ0) is 10.2. The van der Waals surface area contributed by atoms with Gasteiger partial charge in [-0.2, -0.15) is 0 Å². The normalized spacial score (nSPS) is 20.1. The standard InChI is InChI=1S/C10H14IN3/c1-10(2)4-3-5-14(10)9-12-6-8(11)7-13-9/h6-7H,3-5H2,1-2H3. The summed E-state index contributed by atoms with van der Waals surface area (Å²) in [6.45, 7) is 5.58. The number of halogens is 1. The number of aromatic nitrogens is 2. The predicted molar refractivity (Wildman–Crippen MR) is 65.4 cm³/mol. The summed E-state index contributed by atoms with van der Waals surface area (Å²) in [5.41, 5.74) is 0.215. The van der Waals surface area contributed by atoms with Crippen LogP contribution in [0.4, 0.5) is 5.95 Å². The molecule has 76 valence electrons. The lowest BCUT2D eigenvalue weighted by molar-refractivity contribution is 0.510. The number of hydrogen-bond acceptors (Lipinski definition) is 3. The van der Waals surface area contributed by atoms with E-state index in [9.17, 15) is 0 Å². The quantitative estimate of drug-likeness (QED) is 0.746. The maximum Gasteiger partial charge on any atom is 0.225 e. The molecule has 0 atom stereocenters. The highest BCUT2D eigenvalue weighted by molar-refractivity contribution is 14.1. The average molecular weight is 303 g/mol. The van der Waals surface area contributed by atoms with Crippen LogP contribution in [0.15, 0.2) is 12.4 Å². The van der Waals surface area contributed by atoms with Crippen LogP contribution in [0.1, 0.15) is 26.7 Å². The van der Waals surface area contributed by atoms with Gasteiger partial charge < -0.3 is 4.90 Å². The Morgan fingerprint density at radius 1 is 1.36 bits per heavy atom. The van der Waals surface area contributed by atoms with Crippen molar-refractivity contribution in [2.45, 2.75) is 32.2 Å². The highest BCUT2D eigenvalue weighted by atomic mass is 127. The number of rotatable bonds is 1. The molecule has 0 aromatic carbocycles. The van der Waals surface area contributed by atoms with Crippen LogP contribution in [-0.4, -0.2) is 22.1 Å². The van der Waals surface area contributed by atoms with E-state index >= 15 is 0 Å². The Labute approximate surface area is 98.1 Å². The van der Waals surface area contributed by atoms with E-state index < -0.39 is 0 Å². The van der Waals surface area contributed by atoms with Gasteiger partial charge in [-0.15, -0.1) is 0 Å². The number of hydrogen-bond donors (Lipinski definition) is 0. The third-order valence-electron chi connectivity index (χ3n) is 2.75. The van der Waals surface area contributed by atoms with Gasteiger partial charge in [0.15, 0.2) is 0 Å². The van der Waals surface area contributed by atoms with Crippen molar-refractivity contribution in [1.82, 2.24) is 9.97 Å². The molecule has 0 aliphatic carbocycles. The second-order valence-corrected chi connectivity index (χ2v) is 5.51. The van der Waals surface area contributed by atoms with Crippen LogP contribution in [-0.2, 0) is 0 Å². The van der Waals surface area contributed by atoms with Crippen molar-refractivity contribution in [3.8, 4) is 0 Å². The monoisotopic (exact) mass is 303 g/mol. The van der Waals surface area contributed by atoms with Crippen LogP contribution in [0.3, 0.4) is 0 Å². The average Bonchev–Trinajstić information content (AvgIpc) is 2.47. The third kappa shape index (κ3) is 1.85. The lowest BCUT2D eigenvalue weighted by Crippen LogP contribution is -2.39. The second-order valence-electron chi connectivity index (χ2n) is 4.27. The molecule has 0 saturated carbocycles. The molecule has 0 radical (unpaired) electrons. The van der Waals surface area contributed by atoms with Crippen LogP contribution in [0.5, 0.6) is 0 Å². The minimum atomic E-state index is 0.215. The van der Waals surface area contributed by atoms with Gasteiger partial charge in [-0.25, -0.2) is 9.97 Å². The highest BCUT2D eigenvalue weighted by Crippen LogP contribution is 2.30. The van der Waals surface area contributed by atoms with Gasteiger partial charge >= 0.3 is 0 Å². The first-order valence-electron chi connectivity index (χ1n) is 4.85. The van der Waals surface area contributed by atoms with E-state index in [1.165, 1.54) is 12.8 Å². The summed E-state index contributed by atoms with van der Waals surface area (Å²) in [4.78, 5) is 11.0. The fourth-order valence-electron chi connectivity index (χ4n) is 1.92. The first-order chi connectivity index (χ1) is 6.59. The van der Waals surface area contributed by atoms with Crippen molar-refractivity contribution in [2.24, 2.45) is 0 Å². The minimum absolute atomic E-state index is 0.215. The van der Waals surface area contributed by atoms with Gasteiger partial charge in [0.2, 0.25) is 5.95 Å².